The Morgan fingerprint density at radius 1 is 1.07 bits per heavy atom. The lowest BCUT2D eigenvalue weighted by atomic mass is 9.84. The fraction of sp³-hybridized carbons (Fsp3) is 0.708. The standard InChI is InChI=1S/C24H37ClO3/c1-2-3-6-10-23(26)19-14-12-18(13-15-19)20-16-17-22(25)21(20)9-7-4-5-8-11-24(27)28/h12-15,20-23,26H,2-11,16-17H2,1H3,(H,27,28)/t20?,21-,22?,23?/m1/s1. The van der Waals surface area contributed by atoms with Crippen molar-refractivity contribution in [2.24, 2.45) is 5.92 Å². The summed E-state index contributed by atoms with van der Waals surface area (Å²) in [6.45, 7) is 2.18. The zero-order valence-electron chi connectivity index (χ0n) is 17.3. The van der Waals surface area contributed by atoms with Crippen LogP contribution in [0.4, 0.5) is 0 Å². The molecular weight excluding hydrogens is 372 g/mol. The van der Waals surface area contributed by atoms with Crippen LogP contribution in [0.25, 0.3) is 0 Å². The van der Waals surface area contributed by atoms with Gasteiger partial charge >= 0.3 is 5.97 Å². The third-order valence-corrected chi connectivity index (χ3v) is 6.79. The van der Waals surface area contributed by atoms with Crippen LogP contribution in [-0.4, -0.2) is 21.6 Å². The predicted octanol–water partition coefficient (Wildman–Crippen LogP) is 6.83. The lowest BCUT2D eigenvalue weighted by Gasteiger charge is -2.23. The first-order valence-electron chi connectivity index (χ1n) is 11.2. The molecule has 0 aromatic heterocycles. The Labute approximate surface area is 175 Å². The molecule has 2 N–H and O–H groups in total. The quantitative estimate of drug-likeness (QED) is 0.278. The number of carboxylic acid groups (broad SMARTS) is 1. The van der Waals surface area contributed by atoms with E-state index in [1.165, 1.54) is 18.4 Å². The van der Waals surface area contributed by atoms with E-state index >= 15 is 0 Å². The number of aliphatic hydroxyl groups excluding tert-OH is 1. The van der Waals surface area contributed by atoms with Crippen LogP contribution in [0.2, 0.25) is 0 Å². The summed E-state index contributed by atoms with van der Waals surface area (Å²) < 4.78 is 0. The molecule has 1 aliphatic carbocycles. The number of carbonyl (C=O) groups is 1. The summed E-state index contributed by atoms with van der Waals surface area (Å²) in [6.07, 6.45) is 11.5. The summed E-state index contributed by atoms with van der Waals surface area (Å²) in [4.78, 5) is 10.6. The lowest BCUT2D eigenvalue weighted by Crippen LogP contribution is -2.14. The normalized spacial score (nSPS) is 23.0. The van der Waals surface area contributed by atoms with Crippen molar-refractivity contribution in [1.29, 1.82) is 0 Å². The van der Waals surface area contributed by atoms with Gasteiger partial charge in [0, 0.05) is 11.8 Å². The topological polar surface area (TPSA) is 57.5 Å². The van der Waals surface area contributed by atoms with E-state index in [0.29, 0.717) is 11.8 Å². The summed E-state index contributed by atoms with van der Waals surface area (Å²) in [5.41, 5.74) is 2.37. The van der Waals surface area contributed by atoms with Crippen LogP contribution < -0.4 is 0 Å². The Morgan fingerprint density at radius 2 is 1.79 bits per heavy atom. The molecule has 1 aliphatic rings. The number of carboxylic acids is 1. The summed E-state index contributed by atoms with van der Waals surface area (Å²) >= 11 is 6.64. The van der Waals surface area contributed by atoms with Gasteiger partial charge in [-0.05, 0) is 55.1 Å². The van der Waals surface area contributed by atoms with E-state index in [9.17, 15) is 9.90 Å². The SMILES string of the molecule is CCCCCC(O)c1ccc(C2CCC(Cl)[C@@H]2CCCCCCC(=O)O)cc1. The molecule has 1 aromatic carbocycles. The second-order valence-electron chi connectivity index (χ2n) is 8.39. The van der Waals surface area contributed by atoms with Gasteiger partial charge in [-0.15, -0.1) is 11.6 Å². The average molecular weight is 409 g/mol. The van der Waals surface area contributed by atoms with Crippen molar-refractivity contribution < 1.29 is 15.0 Å². The lowest BCUT2D eigenvalue weighted by molar-refractivity contribution is -0.137. The first-order chi connectivity index (χ1) is 13.5. The number of aliphatic hydroxyl groups is 1. The fourth-order valence-corrected chi connectivity index (χ4v) is 4.97. The summed E-state index contributed by atoms with van der Waals surface area (Å²) in [5, 5.41) is 19.3. The maximum Gasteiger partial charge on any atom is 0.303 e. The molecule has 4 atom stereocenters. The van der Waals surface area contributed by atoms with Crippen molar-refractivity contribution in [2.75, 3.05) is 0 Å². The van der Waals surface area contributed by atoms with Crippen molar-refractivity contribution in [2.45, 2.75) is 101 Å². The molecule has 1 saturated carbocycles. The van der Waals surface area contributed by atoms with Gasteiger partial charge in [-0.25, -0.2) is 0 Å². The number of rotatable bonds is 13. The molecule has 158 valence electrons. The maximum absolute atomic E-state index is 10.6. The van der Waals surface area contributed by atoms with Crippen molar-refractivity contribution >= 4 is 17.6 Å². The molecule has 4 heteroatoms. The van der Waals surface area contributed by atoms with Gasteiger partial charge in [-0.3, -0.25) is 4.79 Å². The molecule has 0 radical (unpaired) electrons. The monoisotopic (exact) mass is 408 g/mol. The number of hydrogen-bond acceptors (Lipinski definition) is 2. The van der Waals surface area contributed by atoms with E-state index in [2.05, 4.69) is 31.2 Å². The minimum absolute atomic E-state index is 0.239. The molecule has 0 heterocycles. The van der Waals surface area contributed by atoms with Gasteiger partial charge in [0.25, 0.3) is 0 Å². The van der Waals surface area contributed by atoms with Gasteiger partial charge in [0.1, 0.15) is 0 Å². The largest absolute Gasteiger partial charge is 0.481 e. The van der Waals surface area contributed by atoms with Crippen LogP contribution in [0.5, 0.6) is 0 Å². The number of hydrogen-bond donors (Lipinski definition) is 2. The Balaban J connectivity index is 1.83. The van der Waals surface area contributed by atoms with Gasteiger partial charge in [-0.1, -0.05) is 69.7 Å². The highest BCUT2D eigenvalue weighted by atomic mass is 35.5. The molecule has 3 unspecified atom stereocenters. The van der Waals surface area contributed by atoms with Crippen molar-refractivity contribution in [1.82, 2.24) is 0 Å². The van der Waals surface area contributed by atoms with Crippen LogP contribution in [0.15, 0.2) is 24.3 Å². The molecular formula is C24H37ClO3. The van der Waals surface area contributed by atoms with E-state index in [1.54, 1.807) is 0 Å². The minimum Gasteiger partial charge on any atom is -0.481 e. The van der Waals surface area contributed by atoms with Crippen LogP contribution >= 0.6 is 11.6 Å². The molecule has 0 spiro atoms. The maximum atomic E-state index is 10.6. The Hall–Kier alpha value is -1.06. The smallest absolute Gasteiger partial charge is 0.303 e. The summed E-state index contributed by atoms with van der Waals surface area (Å²) in [7, 11) is 0. The number of halogens is 1. The minimum atomic E-state index is -0.699. The highest BCUT2D eigenvalue weighted by Crippen LogP contribution is 2.45. The second kappa shape index (κ2) is 12.5. The molecule has 28 heavy (non-hydrogen) atoms. The Morgan fingerprint density at radius 3 is 2.46 bits per heavy atom. The second-order valence-corrected chi connectivity index (χ2v) is 8.95. The van der Waals surface area contributed by atoms with Gasteiger partial charge in [-0.2, -0.15) is 0 Å². The highest BCUT2D eigenvalue weighted by Gasteiger charge is 2.35. The van der Waals surface area contributed by atoms with Gasteiger partial charge in [0.2, 0.25) is 0 Å². The number of unbranched alkanes of at least 4 members (excludes halogenated alkanes) is 5. The van der Waals surface area contributed by atoms with Gasteiger partial charge in [0.05, 0.1) is 6.10 Å². The van der Waals surface area contributed by atoms with E-state index in [4.69, 9.17) is 16.7 Å². The van der Waals surface area contributed by atoms with Crippen molar-refractivity contribution in [3.63, 3.8) is 0 Å². The zero-order chi connectivity index (χ0) is 20.4. The molecule has 3 nitrogen and oxygen atoms in total. The van der Waals surface area contributed by atoms with E-state index < -0.39 is 5.97 Å². The van der Waals surface area contributed by atoms with Crippen molar-refractivity contribution in [3.05, 3.63) is 35.4 Å². The molecule has 1 aromatic rings. The molecule has 0 amide bonds. The number of benzene rings is 1. The fourth-order valence-electron chi connectivity index (χ4n) is 4.54. The number of aliphatic carboxylic acids is 1. The third kappa shape index (κ3) is 7.40. The van der Waals surface area contributed by atoms with Gasteiger partial charge in [0.15, 0.2) is 0 Å². The first kappa shape index (κ1) is 23.2. The summed E-state index contributed by atoms with van der Waals surface area (Å²) in [5.74, 6) is 0.310. The van der Waals surface area contributed by atoms with Gasteiger partial charge < -0.3 is 10.2 Å². The average Bonchev–Trinajstić information content (AvgIpc) is 3.05. The van der Waals surface area contributed by atoms with Crippen LogP contribution in [-0.2, 0) is 4.79 Å². The third-order valence-electron chi connectivity index (χ3n) is 6.24. The molecule has 1 fully saturated rings. The van der Waals surface area contributed by atoms with Crippen molar-refractivity contribution in [3.8, 4) is 0 Å². The molecule has 2 rings (SSSR count). The van der Waals surface area contributed by atoms with E-state index in [0.717, 1.165) is 63.4 Å². The number of alkyl halides is 1. The van der Waals surface area contributed by atoms with E-state index in [-0.39, 0.29) is 17.9 Å². The van der Waals surface area contributed by atoms with E-state index in [1.807, 2.05) is 0 Å². The van der Waals surface area contributed by atoms with Crippen LogP contribution in [0.3, 0.4) is 0 Å². The Kier molecular flexibility index (Phi) is 10.4. The highest BCUT2D eigenvalue weighted by molar-refractivity contribution is 6.21. The first-order valence-corrected chi connectivity index (χ1v) is 11.6. The van der Waals surface area contributed by atoms with Crippen LogP contribution in [0, 0.1) is 5.92 Å². The Bertz CT molecular complexity index is 572. The predicted molar refractivity (Wildman–Crippen MR) is 116 cm³/mol. The zero-order valence-corrected chi connectivity index (χ0v) is 18.0. The summed E-state index contributed by atoms with van der Waals surface area (Å²) in [6, 6.07) is 8.57. The molecule has 0 bridgehead atoms. The van der Waals surface area contributed by atoms with Crippen LogP contribution in [0.1, 0.15) is 107 Å². The molecule has 0 aliphatic heterocycles. The molecule has 0 saturated heterocycles.